The van der Waals surface area contributed by atoms with Crippen LogP contribution in [0.3, 0.4) is 0 Å². The van der Waals surface area contributed by atoms with E-state index in [0.717, 1.165) is 44.0 Å². The molecule has 2 aromatic carbocycles. The van der Waals surface area contributed by atoms with E-state index in [1.807, 2.05) is 7.05 Å². The van der Waals surface area contributed by atoms with Gasteiger partial charge in [-0.15, -0.1) is 0 Å². The molecule has 1 aromatic heterocycles. The van der Waals surface area contributed by atoms with E-state index in [0.29, 0.717) is 25.9 Å². The van der Waals surface area contributed by atoms with Crippen LogP contribution < -0.4 is 16.2 Å². The predicted octanol–water partition coefficient (Wildman–Crippen LogP) is 3.60. The number of aromatic amines is 1. The minimum atomic E-state index is -0.640. The number of aromatic nitrogens is 1. The summed E-state index contributed by atoms with van der Waals surface area (Å²) < 4.78 is 14.4. The van der Waals surface area contributed by atoms with Gasteiger partial charge in [0.2, 0.25) is 5.56 Å². The lowest BCUT2D eigenvalue weighted by Gasteiger charge is -2.33. The molecule has 6 rings (SSSR count). The standard InChI is InChI=1S/C30H33FN6O5/c1-35-10-12-36(13-11-35)30(40)21-14-18(17-8-9-17)15-25(37(41)42)28(21)32-23-6-3-7-24(23)33-29(39)20-16-26(38)34-27-19(20)4-2-5-22(27)31/h2,4-5,14-17,23-24,32H,3,6-13H2,1H3,(H,33,39)(H,34,38)/t23-,24+/m1/s1. The summed E-state index contributed by atoms with van der Waals surface area (Å²) in [5.41, 5.74) is 0.503. The van der Waals surface area contributed by atoms with Crippen LogP contribution in [0.4, 0.5) is 15.8 Å². The molecule has 0 unspecified atom stereocenters. The first kappa shape index (κ1) is 27.8. The molecule has 1 saturated heterocycles. The third-order valence-corrected chi connectivity index (χ3v) is 8.64. The molecule has 2 heterocycles. The van der Waals surface area contributed by atoms with Gasteiger partial charge >= 0.3 is 0 Å². The molecular weight excluding hydrogens is 543 g/mol. The van der Waals surface area contributed by atoms with E-state index >= 15 is 0 Å². The third-order valence-electron chi connectivity index (χ3n) is 8.64. The number of anilines is 1. The molecule has 42 heavy (non-hydrogen) atoms. The number of likely N-dealkylation sites (N-methyl/N-ethyl adjacent to an activating group) is 1. The number of nitrogens with one attached hydrogen (secondary N) is 3. The third kappa shape index (κ3) is 5.46. The van der Waals surface area contributed by atoms with Crippen molar-refractivity contribution in [2.24, 2.45) is 0 Å². The molecular formula is C30H33FN6O5. The minimum absolute atomic E-state index is 0.0459. The van der Waals surface area contributed by atoms with Crippen LogP contribution >= 0.6 is 0 Å². The number of rotatable bonds is 7. The summed E-state index contributed by atoms with van der Waals surface area (Å²) in [5, 5.41) is 18.9. The molecule has 12 heteroatoms. The number of amides is 2. The highest BCUT2D eigenvalue weighted by atomic mass is 19.1. The summed E-state index contributed by atoms with van der Waals surface area (Å²) >= 11 is 0. The maximum Gasteiger partial charge on any atom is 0.293 e. The lowest BCUT2D eigenvalue weighted by Crippen LogP contribution is -2.47. The van der Waals surface area contributed by atoms with Gasteiger partial charge in [-0.1, -0.05) is 12.1 Å². The summed E-state index contributed by atoms with van der Waals surface area (Å²) in [7, 11) is 1.99. The Hall–Kier alpha value is -4.32. The van der Waals surface area contributed by atoms with Crippen molar-refractivity contribution in [3.05, 3.63) is 79.4 Å². The number of hydrogen-bond donors (Lipinski definition) is 3. The van der Waals surface area contributed by atoms with Crippen LogP contribution in [0.25, 0.3) is 10.9 Å². The van der Waals surface area contributed by atoms with E-state index in [2.05, 4.69) is 20.5 Å². The zero-order valence-corrected chi connectivity index (χ0v) is 23.3. The quantitative estimate of drug-likeness (QED) is 0.288. The van der Waals surface area contributed by atoms with Crippen molar-refractivity contribution >= 4 is 34.1 Å². The molecule has 0 spiro atoms. The first-order valence-corrected chi connectivity index (χ1v) is 14.4. The van der Waals surface area contributed by atoms with Crippen molar-refractivity contribution in [3.8, 4) is 0 Å². The fraction of sp³-hybridized carbons (Fsp3) is 0.433. The normalized spacial score (nSPS) is 21.0. The second-order valence-electron chi connectivity index (χ2n) is 11.6. The summed E-state index contributed by atoms with van der Waals surface area (Å²) in [6, 6.07) is 7.92. The number of piperazine rings is 1. The van der Waals surface area contributed by atoms with Crippen LogP contribution in [0, 0.1) is 15.9 Å². The predicted molar refractivity (Wildman–Crippen MR) is 156 cm³/mol. The van der Waals surface area contributed by atoms with Crippen LogP contribution in [0.15, 0.2) is 41.2 Å². The van der Waals surface area contributed by atoms with Crippen molar-refractivity contribution < 1.29 is 18.9 Å². The van der Waals surface area contributed by atoms with Crippen LogP contribution in [0.2, 0.25) is 0 Å². The Balaban J connectivity index is 1.31. The molecule has 3 N–H and O–H groups in total. The monoisotopic (exact) mass is 576 g/mol. The molecule has 2 saturated carbocycles. The van der Waals surface area contributed by atoms with Gasteiger partial charge in [-0.3, -0.25) is 24.5 Å². The van der Waals surface area contributed by atoms with Crippen molar-refractivity contribution in [1.82, 2.24) is 20.1 Å². The maximum absolute atomic E-state index is 14.4. The van der Waals surface area contributed by atoms with Gasteiger partial charge < -0.3 is 25.4 Å². The molecule has 220 valence electrons. The number of nitro benzene ring substituents is 1. The summed E-state index contributed by atoms with van der Waals surface area (Å²) in [4.78, 5) is 57.6. The smallest absolute Gasteiger partial charge is 0.293 e. The highest BCUT2D eigenvalue weighted by Crippen LogP contribution is 2.44. The number of para-hydroxylation sites is 1. The molecule has 3 aliphatic rings. The number of fused-ring (bicyclic) bond motifs is 1. The Kier molecular flexibility index (Phi) is 7.40. The van der Waals surface area contributed by atoms with Crippen LogP contribution in [-0.4, -0.2) is 76.8 Å². The van der Waals surface area contributed by atoms with E-state index < -0.39 is 34.3 Å². The molecule has 3 fully saturated rings. The van der Waals surface area contributed by atoms with Gasteiger partial charge in [-0.05, 0) is 62.8 Å². The molecule has 11 nitrogen and oxygen atoms in total. The highest BCUT2D eigenvalue weighted by Gasteiger charge is 2.36. The Morgan fingerprint density at radius 2 is 1.76 bits per heavy atom. The van der Waals surface area contributed by atoms with Crippen LogP contribution in [0.5, 0.6) is 0 Å². The Morgan fingerprint density at radius 3 is 2.48 bits per heavy atom. The number of H-pyrrole nitrogens is 1. The molecule has 1 aliphatic heterocycles. The van der Waals surface area contributed by atoms with Crippen LogP contribution in [0.1, 0.15) is 64.3 Å². The largest absolute Gasteiger partial charge is 0.374 e. The van der Waals surface area contributed by atoms with Crippen molar-refractivity contribution in [3.63, 3.8) is 0 Å². The summed E-state index contributed by atoms with van der Waals surface area (Å²) in [6.45, 7) is 2.50. The highest BCUT2D eigenvalue weighted by molar-refractivity contribution is 6.06. The number of carbonyl (C=O) groups excluding carboxylic acids is 2. The van der Waals surface area contributed by atoms with Gasteiger partial charge in [0.15, 0.2) is 0 Å². The van der Waals surface area contributed by atoms with Gasteiger partial charge in [-0.25, -0.2) is 4.39 Å². The fourth-order valence-electron chi connectivity index (χ4n) is 6.11. The van der Waals surface area contributed by atoms with E-state index in [4.69, 9.17) is 0 Å². The van der Waals surface area contributed by atoms with Gasteiger partial charge in [0.05, 0.1) is 21.6 Å². The number of pyridine rings is 1. The SMILES string of the molecule is CN1CCN(C(=O)c2cc(C3CC3)cc([N+](=O)[O-])c2N[C@@H]2CCC[C@@H]2NC(=O)c2cc(=O)[nH]c3c(F)cccc23)CC1. The lowest BCUT2D eigenvalue weighted by molar-refractivity contribution is -0.384. The number of carbonyl (C=O) groups is 2. The first-order valence-electron chi connectivity index (χ1n) is 14.4. The fourth-order valence-corrected chi connectivity index (χ4v) is 6.11. The number of halogens is 1. The second-order valence-corrected chi connectivity index (χ2v) is 11.6. The minimum Gasteiger partial charge on any atom is -0.374 e. The zero-order chi connectivity index (χ0) is 29.5. The van der Waals surface area contributed by atoms with Gasteiger partial charge in [0, 0.05) is 55.8 Å². The zero-order valence-electron chi connectivity index (χ0n) is 23.3. The Bertz CT molecular complexity index is 1630. The van der Waals surface area contributed by atoms with Crippen LogP contribution in [-0.2, 0) is 0 Å². The van der Waals surface area contributed by atoms with E-state index in [-0.39, 0.29) is 45.2 Å². The average Bonchev–Trinajstić information content (AvgIpc) is 3.73. The second kappa shape index (κ2) is 11.2. The topological polar surface area (TPSA) is 141 Å². The average molecular weight is 577 g/mol. The molecule has 2 atom stereocenters. The summed E-state index contributed by atoms with van der Waals surface area (Å²) in [6.07, 6.45) is 3.81. The lowest BCUT2D eigenvalue weighted by atomic mass is 10.00. The Labute approximate surface area is 241 Å². The van der Waals surface area contributed by atoms with E-state index in [9.17, 15) is 28.9 Å². The van der Waals surface area contributed by atoms with E-state index in [1.165, 1.54) is 12.1 Å². The molecule has 3 aromatic rings. The molecule has 0 radical (unpaired) electrons. The molecule has 2 amide bonds. The van der Waals surface area contributed by atoms with Gasteiger partial charge in [0.25, 0.3) is 17.5 Å². The number of nitro groups is 1. The molecule has 2 aliphatic carbocycles. The number of hydrogen-bond acceptors (Lipinski definition) is 7. The first-order chi connectivity index (χ1) is 20.2. The van der Waals surface area contributed by atoms with Crippen molar-refractivity contribution in [2.45, 2.75) is 50.1 Å². The van der Waals surface area contributed by atoms with Crippen molar-refractivity contribution in [2.75, 3.05) is 38.5 Å². The summed E-state index contributed by atoms with van der Waals surface area (Å²) in [5.74, 6) is -1.21. The van der Waals surface area contributed by atoms with Crippen molar-refractivity contribution in [1.29, 1.82) is 0 Å². The Morgan fingerprint density at radius 1 is 1.02 bits per heavy atom. The number of benzene rings is 2. The van der Waals surface area contributed by atoms with Gasteiger partial charge in [0.1, 0.15) is 11.5 Å². The van der Waals surface area contributed by atoms with Gasteiger partial charge in [-0.2, -0.15) is 0 Å². The molecule has 0 bridgehead atoms. The number of nitrogens with zero attached hydrogens (tertiary/aromatic N) is 3. The van der Waals surface area contributed by atoms with E-state index in [1.54, 1.807) is 23.1 Å². The maximum atomic E-state index is 14.4.